The van der Waals surface area contributed by atoms with Crippen molar-refractivity contribution in [1.29, 1.82) is 0 Å². The third kappa shape index (κ3) is 5.13. The highest BCUT2D eigenvalue weighted by Crippen LogP contribution is 2.75. The molecule has 2 heterocycles. The van der Waals surface area contributed by atoms with Crippen molar-refractivity contribution in [1.82, 2.24) is 0 Å². The Morgan fingerprint density at radius 1 is 0.980 bits per heavy atom. The SMILES string of the molecule is CC(=O)O[C@@H]1C[C@]23C4=CC[C@@]5(C)[C@H](C(=O)O)[C@@](C)([C@H](C)C(C)C)CC[C@]5(C)[C@H]4CC[C@H]2[C@](C)(COC3O)[C@H]1O[C@@H]1OC(CO)[C@@H](O)C(O)[C@@H]1O. The minimum Gasteiger partial charge on any atom is -0.481 e. The molecule has 0 spiro atoms. The summed E-state index contributed by atoms with van der Waals surface area (Å²) >= 11 is 0. The number of carboxylic acids is 1. The van der Waals surface area contributed by atoms with Crippen LogP contribution >= 0.6 is 0 Å². The molecule has 0 aromatic heterocycles. The summed E-state index contributed by atoms with van der Waals surface area (Å²) in [6, 6.07) is 0. The monoisotopic (exact) mass is 708 g/mol. The van der Waals surface area contributed by atoms with Crippen molar-refractivity contribution in [3.05, 3.63) is 11.6 Å². The second-order valence-electron chi connectivity index (χ2n) is 18.0. The lowest BCUT2D eigenvalue weighted by atomic mass is 9.34. The molecule has 2 bridgehead atoms. The summed E-state index contributed by atoms with van der Waals surface area (Å²) < 4.78 is 24.5. The molecule has 2 saturated heterocycles. The van der Waals surface area contributed by atoms with Gasteiger partial charge in [-0.1, -0.05) is 60.1 Å². The maximum Gasteiger partial charge on any atom is 0.307 e. The summed E-state index contributed by atoms with van der Waals surface area (Å²) in [5, 5.41) is 64.6. The van der Waals surface area contributed by atoms with Crippen LogP contribution in [0.15, 0.2) is 11.6 Å². The minimum absolute atomic E-state index is 0.0419. The number of fused-ring (bicyclic) bond motifs is 3. The molecule has 12 nitrogen and oxygen atoms in total. The Morgan fingerprint density at radius 2 is 1.66 bits per heavy atom. The molecule has 0 aromatic rings. The average Bonchev–Trinajstić information content (AvgIpc) is 3.04. The molecule has 17 atom stereocenters. The van der Waals surface area contributed by atoms with E-state index in [1.807, 2.05) is 6.92 Å². The molecular formula is C38H60O12. The Hall–Kier alpha value is -1.64. The molecule has 6 rings (SSSR count). The van der Waals surface area contributed by atoms with Crippen LogP contribution in [-0.4, -0.2) is 105 Å². The van der Waals surface area contributed by atoms with E-state index in [4.69, 9.17) is 18.9 Å². The Labute approximate surface area is 295 Å². The number of aliphatic hydroxyl groups is 5. The second kappa shape index (κ2) is 12.7. The number of ether oxygens (including phenoxy) is 4. The predicted molar refractivity (Wildman–Crippen MR) is 179 cm³/mol. The van der Waals surface area contributed by atoms with E-state index in [1.54, 1.807) is 0 Å². The smallest absolute Gasteiger partial charge is 0.307 e. The highest BCUT2D eigenvalue weighted by Gasteiger charge is 2.74. The summed E-state index contributed by atoms with van der Waals surface area (Å²) in [6.45, 7) is 15.8. The van der Waals surface area contributed by atoms with E-state index >= 15 is 0 Å². The van der Waals surface area contributed by atoms with Crippen LogP contribution in [-0.2, 0) is 28.5 Å². The van der Waals surface area contributed by atoms with Gasteiger partial charge >= 0.3 is 11.9 Å². The lowest BCUT2D eigenvalue weighted by molar-refractivity contribution is -0.369. The molecule has 2 aliphatic heterocycles. The van der Waals surface area contributed by atoms with Gasteiger partial charge in [-0.15, -0.1) is 0 Å². The topological polar surface area (TPSA) is 192 Å². The van der Waals surface area contributed by atoms with Gasteiger partial charge in [0.2, 0.25) is 0 Å². The Morgan fingerprint density at radius 3 is 2.26 bits per heavy atom. The molecule has 6 aliphatic rings. The molecule has 0 radical (unpaired) electrons. The van der Waals surface area contributed by atoms with Crippen molar-refractivity contribution in [3.8, 4) is 0 Å². The summed E-state index contributed by atoms with van der Waals surface area (Å²) in [5.41, 5.74) is -2.15. The normalized spacial score (nSPS) is 52.2. The van der Waals surface area contributed by atoms with E-state index in [1.165, 1.54) is 6.92 Å². The van der Waals surface area contributed by atoms with Crippen LogP contribution in [0, 0.1) is 56.7 Å². The van der Waals surface area contributed by atoms with E-state index in [2.05, 4.69) is 47.6 Å². The van der Waals surface area contributed by atoms with Crippen molar-refractivity contribution < 1.29 is 59.2 Å². The Balaban J connectivity index is 1.42. The van der Waals surface area contributed by atoms with Gasteiger partial charge in [0.25, 0.3) is 0 Å². The molecule has 3 saturated carbocycles. The maximum absolute atomic E-state index is 13.4. The zero-order valence-corrected chi connectivity index (χ0v) is 30.9. The predicted octanol–water partition coefficient (Wildman–Crippen LogP) is 3.01. The molecule has 50 heavy (non-hydrogen) atoms. The fraction of sp³-hybridized carbons (Fsp3) is 0.895. The van der Waals surface area contributed by atoms with Crippen molar-refractivity contribution >= 4 is 11.9 Å². The first kappa shape index (κ1) is 38.1. The van der Waals surface area contributed by atoms with E-state index in [0.717, 1.165) is 24.8 Å². The zero-order chi connectivity index (χ0) is 36.9. The van der Waals surface area contributed by atoms with Crippen LogP contribution in [0.4, 0.5) is 0 Å². The number of carbonyl (C=O) groups excluding carboxylic acids is 1. The number of carbonyl (C=O) groups is 2. The largest absolute Gasteiger partial charge is 0.481 e. The number of rotatable bonds is 7. The van der Waals surface area contributed by atoms with Crippen molar-refractivity contribution in [2.45, 2.75) is 143 Å². The van der Waals surface area contributed by atoms with E-state index in [9.17, 15) is 40.2 Å². The lowest BCUT2D eigenvalue weighted by Gasteiger charge is -2.71. The highest BCUT2D eigenvalue weighted by molar-refractivity contribution is 5.73. The van der Waals surface area contributed by atoms with Crippen LogP contribution < -0.4 is 0 Å². The van der Waals surface area contributed by atoms with Gasteiger partial charge in [0.15, 0.2) is 12.6 Å². The maximum atomic E-state index is 13.4. The van der Waals surface area contributed by atoms with Crippen molar-refractivity contribution in [2.75, 3.05) is 13.2 Å². The quantitative estimate of drug-likeness (QED) is 0.129. The molecule has 4 aliphatic carbocycles. The number of allylic oxidation sites excluding steroid dienone is 1. The van der Waals surface area contributed by atoms with E-state index < -0.39 is 101 Å². The Bertz CT molecular complexity index is 1370. The van der Waals surface area contributed by atoms with Gasteiger partial charge in [0.05, 0.1) is 19.1 Å². The lowest BCUT2D eigenvalue weighted by Crippen LogP contribution is -2.73. The third-order valence-corrected chi connectivity index (χ3v) is 15.6. The van der Waals surface area contributed by atoms with Crippen LogP contribution in [0.2, 0.25) is 0 Å². The summed E-state index contributed by atoms with van der Waals surface area (Å²) in [7, 11) is 0. The fourth-order valence-corrected chi connectivity index (χ4v) is 12.5. The molecule has 6 N–H and O–H groups in total. The summed E-state index contributed by atoms with van der Waals surface area (Å²) in [5.74, 6) is -1.61. The standard InChI is InChI=1S/C38H60O12/c1-18(2)19(3)34(5)13-14-36(7)21-9-10-25-35(6)17-47-33(46)38(25,22(21)11-12-37(36,8)29(34)31(44)45)15-23(48-20(4)40)30(35)50-32-28(43)27(42)26(41)24(16-39)49-32/h11,18-19,21,23-30,32-33,39,41-43,46H,9-10,12-17H2,1-8H3,(H,44,45)/t19-,21+,23-,24?,25+,26-,27?,28+,29-,30+,32+,33?,34-,35+,36-,37+,38+/m1/s1. The van der Waals surface area contributed by atoms with Crippen LogP contribution in [0.5, 0.6) is 0 Å². The number of esters is 1. The molecule has 0 amide bonds. The van der Waals surface area contributed by atoms with Crippen LogP contribution in [0.3, 0.4) is 0 Å². The first-order valence-electron chi connectivity index (χ1n) is 18.6. The molecule has 3 unspecified atom stereocenters. The van der Waals surface area contributed by atoms with Crippen LogP contribution in [0.1, 0.15) is 93.9 Å². The van der Waals surface area contributed by atoms with E-state index in [0.29, 0.717) is 18.8 Å². The third-order valence-electron chi connectivity index (χ3n) is 15.6. The van der Waals surface area contributed by atoms with Gasteiger partial charge in [0, 0.05) is 24.2 Å². The molecular weight excluding hydrogens is 648 g/mol. The van der Waals surface area contributed by atoms with Gasteiger partial charge < -0.3 is 49.6 Å². The van der Waals surface area contributed by atoms with Crippen molar-refractivity contribution in [2.24, 2.45) is 56.7 Å². The summed E-state index contributed by atoms with van der Waals surface area (Å²) in [4.78, 5) is 26.1. The van der Waals surface area contributed by atoms with Gasteiger partial charge in [-0.2, -0.15) is 0 Å². The minimum atomic E-state index is -1.65. The number of hydrogen-bond acceptors (Lipinski definition) is 11. The van der Waals surface area contributed by atoms with Crippen LogP contribution in [0.25, 0.3) is 0 Å². The first-order chi connectivity index (χ1) is 23.2. The van der Waals surface area contributed by atoms with Gasteiger partial charge in [0.1, 0.15) is 36.6 Å². The van der Waals surface area contributed by atoms with Crippen molar-refractivity contribution in [3.63, 3.8) is 0 Å². The number of aliphatic carboxylic acids is 1. The number of hydrogen-bond donors (Lipinski definition) is 6. The highest BCUT2D eigenvalue weighted by atomic mass is 16.7. The molecule has 12 heteroatoms. The fourth-order valence-electron chi connectivity index (χ4n) is 12.5. The van der Waals surface area contributed by atoms with Gasteiger partial charge in [-0.25, -0.2) is 0 Å². The Kier molecular flexibility index (Phi) is 9.71. The first-order valence-corrected chi connectivity index (χ1v) is 18.6. The second-order valence-corrected chi connectivity index (χ2v) is 18.0. The molecule has 5 fully saturated rings. The molecule has 284 valence electrons. The zero-order valence-electron chi connectivity index (χ0n) is 30.9. The molecule has 0 aromatic carbocycles. The van der Waals surface area contributed by atoms with Gasteiger partial charge in [-0.05, 0) is 72.0 Å². The summed E-state index contributed by atoms with van der Waals surface area (Å²) in [6.07, 6.45) is -4.59. The number of carboxylic acid groups (broad SMARTS) is 1. The number of aliphatic hydroxyl groups excluding tert-OH is 5. The average molecular weight is 709 g/mol. The van der Waals surface area contributed by atoms with Gasteiger partial charge in [-0.3, -0.25) is 9.59 Å². The van der Waals surface area contributed by atoms with E-state index in [-0.39, 0.29) is 30.8 Å².